The number of rotatable bonds is 5. The van der Waals surface area contributed by atoms with Crippen LogP contribution in [0, 0.1) is 23.5 Å². The Morgan fingerprint density at radius 1 is 1.00 bits per heavy atom. The lowest BCUT2D eigenvalue weighted by Crippen LogP contribution is -2.10. The van der Waals surface area contributed by atoms with Crippen LogP contribution in [0.15, 0.2) is 36.5 Å². The summed E-state index contributed by atoms with van der Waals surface area (Å²) in [5, 5.41) is 6.92. The van der Waals surface area contributed by atoms with Gasteiger partial charge in [-0.3, -0.25) is 0 Å². The molecule has 0 aliphatic rings. The Morgan fingerprint density at radius 2 is 1.62 bits per heavy atom. The smallest absolute Gasteiger partial charge is 0.253 e. The zero-order chi connectivity index (χ0) is 18.8. The number of aromatic nitrogens is 3. The number of anilines is 1. The van der Waals surface area contributed by atoms with Gasteiger partial charge in [0.15, 0.2) is 0 Å². The molecule has 0 fully saturated rings. The molecule has 26 heavy (non-hydrogen) atoms. The van der Waals surface area contributed by atoms with Gasteiger partial charge in [0.2, 0.25) is 11.6 Å². The molecule has 0 aliphatic heterocycles. The molecule has 2 heterocycles. The van der Waals surface area contributed by atoms with Crippen LogP contribution in [-0.4, -0.2) is 14.8 Å². The van der Waals surface area contributed by atoms with Gasteiger partial charge in [-0.1, -0.05) is 32.0 Å². The van der Waals surface area contributed by atoms with Crippen molar-refractivity contribution in [2.45, 2.75) is 26.3 Å². The Kier molecular flexibility index (Phi) is 4.92. The molecule has 0 atom stereocenters. The average Bonchev–Trinajstić information content (AvgIpc) is 3.05. The molecule has 0 radical (unpaired) electrons. The summed E-state index contributed by atoms with van der Waals surface area (Å²) in [7, 11) is 0. The van der Waals surface area contributed by atoms with Crippen LogP contribution in [0.3, 0.4) is 0 Å². The maximum atomic E-state index is 13.7. The van der Waals surface area contributed by atoms with E-state index in [-0.39, 0.29) is 12.5 Å². The second-order valence-electron chi connectivity index (χ2n) is 6.02. The van der Waals surface area contributed by atoms with Gasteiger partial charge < -0.3 is 5.32 Å². The number of nitrogens with one attached hydrogen (secondary N) is 1. The zero-order valence-corrected chi connectivity index (χ0v) is 14.1. The van der Waals surface area contributed by atoms with Gasteiger partial charge in [0.1, 0.15) is 5.69 Å². The molecule has 0 amide bonds. The van der Waals surface area contributed by atoms with Gasteiger partial charge in [0, 0.05) is 18.3 Å². The van der Waals surface area contributed by atoms with Gasteiger partial charge >= 0.3 is 0 Å². The van der Waals surface area contributed by atoms with Crippen LogP contribution in [-0.2, 0) is 6.54 Å². The largest absolute Gasteiger partial charge is 0.376 e. The second kappa shape index (κ2) is 7.15. The van der Waals surface area contributed by atoms with Crippen LogP contribution in [0.25, 0.3) is 5.69 Å². The molecular formula is C18H16F4N4. The molecule has 1 aromatic carbocycles. The first-order chi connectivity index (χ1) is 12.4. The molecule has 4 nitrogen and oxygen atoms in total. The van der Waals surface area contributed by atoms with Crippen molar-refractivity contribution in [3.63, 3.8) is 0 Å². The van der Waals surface area contributed by atoms with Crippen molar-refractivity contribution in [2.24, 2.45) is 0 Å². The van der Waals surface area contributed by atoms with E-state index in [0.717, 1.165) is 5.69 Å². The monoisotopic (exact) mass is 364 g/mol. The summed E-state index contributed by atoms with van der Waals surface area (Å²) in [5.41, 5.74) is 1.29. The molecule has 0 saturated carbocycles. The lowest BCUT2D eigenvalue weighted by molar-refractivity contribution is 0.410. The predicted molar refractivity (Wildman–Crippen MR) is 89.0 cm³/mol. The number of para-hydroxylation sites is 1. The van der Waals surface area contributed by atoms with Crippen molar-refractivity contribution in [1.82, 2.24) is 14.8 Å². The Hall–Kier alpha value is -2.90. The van der Waals surface area contributed by atoms with Gasteiger partial charge in [-0.25, -0.2) is 4.68 Å². The maximum absolute atomic E-state index is 13.7. The molecule has 1 N–H and O–H groups in total. The van der Waals surface area contributed by atoms with Gasteiger partial charge in [0.05, 0.1) is 11.4 Å². The highest BCUT2D eigenvalue weighted by atomic mass is 19.2. The number of benzene rings is 1. The van der Waals surface area contributed by atoms with E-state index in [1.165, 1.54) is 0 Å². The molecule has 0 unspecified atom stereocenters. The van der Waals surface area contributed by atoms with E-state index < -0.39 is 29.2 Å². The van der Waals surface area contributed by atoms with Gasteiger partial charge in [0.25, 0.3) is 11.9 Å². The molecule has 3 rings (SSSR count). The molecule has 2 aromatic heterocycles. The van der Waals surface area contributed by atoms with Crippen LogP contribution < -0.4 is 5.32 Å². The summed E-state index contributed by atoms with van der Waals surface area (Å²) in [4.78, 5) is 2.54. The average molecular weight is 364 g/mol. The minimum Gasteiger partial charge on any atom is -0.376 e. The lowest BCUT2D eigenvalue weighted by atomic mass is 10.1. The minimum atomic E-state index is -1.70. The van der Waals surface area contributed by atoms with E-state index in [1.807, 2.05) is 44.2 Å². The molecule has 8 heteroatoms. The van der Waals surface area contributed by atoms with Crippen molar-refractivity contribution in [2.75, 3.05) is 5.32 Å². The topological polar surface area (TPSA) is 42.7 Å². The number of nitrogens with zero attached hydrogens (tertiary/aromatic N) is 3. The third-order valence-electron chi connectivity index (χ3n) is 3.84. The molecular weight excluding hydrogens is 348 g/mol. The van der Waals surface area contributed by atoms with E-state index in [4.69, 9.17) is 0 Å². The van der Waals surface area contributed by atoms with E-state index in [1.54, 1.807) is 10.9 Å². The predicted octanol–water partition coefficient (Wildman–Crippen LogP) is 4.56. The third kappa shape index (κ3) is 3.40. The first-order valence-electron chi connectivity index (χ1n) is 7.96. The Morgan fingerprint density at radius 3 is 2.19 bits per heavy atom. The fourth-order valence-electron chi connectivity index (χ4n) is 2.58. The summed E-state index contributed by atoms with van der Waals surface area (Å²) >= 11 is 0. The quantitative estimate of drug-likeness (QED) is 0.533. The highest BCUT2D eigenvalue weighted by Gasteiger charge is 2.21. The number of hydrogen-bond acceptors (Lipinski definition) is 3. The fraction of sp³-hybridized carbons (Fsp3) is 0.222. The highest BCUT2D eigenvalue weighted by molar-refractivity contribution is 5.46. The van der Waals surface area contributed by atoms with E-state index in [0.29, 0.717) is 11.3 Å². The van der Waals surface area contributed by atoms with Crippen molar-refractivity contribution in [3.05, 3.63) is 71.3 Å². The van der Waals surface area contributed by atoms with E-state index >= 15 is 0 Å². The van der Waals surface area contributed by atoms with Crippen LogP contribution in [0.4, 0.5) is 23.2 Å². The summed E-state index contributed by atoms with van der Waals surface area (Å²) in [6.45, 7) is 3.79. The summed E-state index contributed by atoms with van der Waals surface area (Å²) in [6.07, 6.45) is 1.71. The molecule has 3 aromatic rings. The number of pyridine rings is 1. The SMILES string of the molecule is CC(C)c1nn(-c2ccccc2)cc1CNc1c(F)c(F)nc(F)c1F. The van der Waals surface area contributed by atoms with E-state index in [9.17, 15) is 17.6 Å². The summed E-state index contributed by atoms with van der Waals surface area (Å²) in [5.74, 6) is -6.49. The lowest BCUT2D eigenvalue weighted by Gasteiger charge is -2.10. The first-order valence-corrected chi connectivity index (χ1v) is 7.96. The van der Waals surface area contributed by atoms with Gasteiger partial charge in [-0.05, 0) is 18.1 Å². The van der Waals surface area contributed by atoms with E-state index in [2.05, 4.69) is 15.4 Å². The van der Waals surface area contributed by atoms with Crippen molar-refractivity contribution >= 4 is 5.69 Å². The summed E-state index contributed by atoms with van der Waals surface area (Å²) in [6, 6.07) is 9.31. The molecule has 0 bridgehead atoms. The standard InChI is InChI=1S/C18H16F4N4/c1-10(2)15-11(9-26(25-15)12-6-4-3-5-7-12)8-23-16-13(19)17(21)24-18(22)14(16)20/h3-7,9-10H,8H2,1-2H3,(H,23,24). The first kappa shape index (κ1) is 17.9. The molecule has 0 spiro atoms. The van der Waals surface area contributed by atoms with Crippen LogP contribution in [0.1, 0.15) is 31.0 Å². The Bertz CT molecular complexity index is 896. The summed E-state index contributed by atoms with van der Waals surface area (Å²) < 4.78 is 55.6. The van der Waals surface area contributed by atoms with Crippen molar-refractivity contribution in [1.29, 1.82) is 0 Å². The molecule has 0 saturated heterocycles. The minimum absolute atomic E-state index is 0.0392. The fourth-order valence-corrected chi connectivity index (χ4v) is 2.58. The van der Waals surface area contributed by atoms with Gasteiger partial charge in [-0.2, -0.15) is 27.6 Å². The zero-order valence-electron chi connectivity index (χ0n) is 14.1. The maximum Gasteiger partial charge on any atom is 0.253 e. The number of hydrogen-bond donors (Lipinski definition) is 1. The molecule has 0 aliphatic carbocycles. The van der Waals surface area contributed by atoms with Crippen LogP contribution >= 0.6 is 0 Å². The van der Waals surface area contributed by atoms with Crippen molar-refractivity contribution < 1.29 is 17.6 Å². The van der Waals surface area contributed by atoms with Crippen LogP contribution in [0.2, 0.25) is 0 Å². The third-order valence-corrected chi connectivity index (χ3v) is 3.84. The van der Waals surface area contributed by atoms with Crippen LogP contribution in [0.5, 0.6) is 0 Å². The Labute approximate surface area is 147 Å². The molecule has 136 valence electrons. The number of halogens is 4. The highest BCUT2D eigenvalue weighted by Crippen LogP contribution is 2.25. The second-order valence-corrected chi connectivity index (χ2v) is 6.02. The van der Waals surface area contributed by atoms with Crippen molar-refractivity contribution in [3.8, 4) is 5.69 Å². The normalized spacial score (nSPS) is 11.2. The van der Waals surface area contributed by atoms with Gasteiger partial charge in [-0.15, -0.1) is 0 Å². The Balaban J connectivity index is 1.92.